The smallest absolute Gasteiger partial charge is 0.274 e. The maximum atomic E-state index is 13.1. The topological polar surface area (TPSA) is 82.8 Å². The summed E-state index contributed by atoms with van der Waals surface area (Å²) in [5.74, 6) is 0.441. The fourth-order valence-corrected chi connectivity index (χ4v) is 3.98. The Kier molecular flexibility index (Phi) is 8.40. The minimum atomic E-state index is -0.267. The quantitative estimate of drug-likeness (QED) is 0.474. The number of nitrogens with zero attached hydrogens (tertiary/aromatic N) is 5. The minimum Gasteiger partial charge on any atom is -0.467 e. The third-order valence-electron chi connectivity index (χ3n) is 6.01. The van der Waals surface area contributed by atoms with Crippen LogP contribution in [0.2, 0.25) is 0 Å². The fraction of sp³-hybridized carbons (Fsp3) is 0.333. The van der Waals surface area contributed by atoms with Crippen molar-refractivity contribution in [3.8, 4) is 0 Å². The van der Waals surface area contributed by atoms with Gasteiger partial charge in [0.25, 0.3) is 5.91 Å². The molecule has 1 saturated heterocycles. The predicted octanol–water partition coefficient (Wildman–Crippen LogP) is 3.27. The van der Waals surface area contributed by atoms with Crippen LogP contribution in [0.5, 0.6) is 0 Å². The SMILES string of the molecule is Cc1cnc(C(=O)N(CCC(=O)N2CCN(C/C=C/c3ccccc3)CC2)Cc2ccco2)cn1. The number of aromatic nitrogens is 2. The van der Waals surface area contributed by atoms with Crippen LogP contribution in [0.15, 0.2) is 71.6 Å². The van der Waals surface area contributed by atoms with E-state index in [9.17, 15) is 9.59 Å². The van der Waals surface area contributed by atoms with E-state index in [4.69, 9.17) is 4.42 Å². The maximum Gasteiger partial charge on any atom is 0.274 e. The Morgan fingerprint density at radius 1 is 1.03 bits per heavy atom. The molecule has 0 aliphatic carbocycles. The lowest BCUT2D eigenvalue weighted by Gasteiger charge is -2.34. The molecule has 0 N–H and O–H groups in total. The molecular formula is C27H31N5O3. The van der Waals surface area contributed by atoms with E-state index in [2.05, 4.69) is 39.2 Å². The van der Waals surface area contributed by atoms with Crippen LogP contribution in [0.3, 0.4) is 0 Å². The van der Waals surface area contributed by atoms with Gasteiger partial charge >= 0.3 is 0 Å². The van der Waals surface area contributed by atoms with E-state index in [0.717, 1.165) is 25.3 Å². The van der Waals surface area contributed by atoms with E-state index < -0.39 is 0 Å². The Morgan fingerprint density at radius 3 is 2.51 bits per heavy atom. The predicted molar refractivity (Wildman–Crippen MR) is 133 cm³/mol. The molecule has 0 saturated carbocycles. The summed E-state index contributed by atoms with van der Waals surface area (Å²) >= 11 is 0. The van der Waals surface area contributed by atoms with E-state index in [-0.39, 0.29) is 37.0 Å². The molecule has 1 aromatic carbocycles. The number of piperazine rings is 1. The molecule has 1 aliphatic rings. The number of benzene rings is 1. The third kappa shape index (κ3) is 7.10. The van der Waals surface area contributed by atoms with Crippen molar-refractivity contribution in [2.75, 3.05) is 39.3 Å². The van der Waals surface area contributed by atoms with Crippen molar-refractivity contribution in [2.45, 2.75) is 19.9 Å². The molecule has 0 bridgehead atoms. The molecule has 2 amide bonds. The van der Waals surface area contributed by atoms with Crippen molar-refractivity contribution in [2.24, 2.45) is 0 Å². The van der Waals surface area contributed by atoms with Crippen molar-refractivity contribution >= 4 is 17.9 Å². The molecule has 0 radical (unpaired) electrons. The number of hydrogen-bond acceptors (Lipinski definition) is 6. The van der Waals surface area contributed by atoms with Crippen molar-refractivity contribution in [3.63, 3.8) is 0 Å². The van der Waals surface area contributed by atoms with Crippen LogP contribution in [0.1, 0.15) is 33.9 Å². The van der Waals surface area contributed by atoms with Gasteiger partial charge < -0.3 is 14.2 Å². The van der Waals surface area contributed by atoms with Crippen LogP contribution in [0.25, 0.3) is 6.08 Å². The lowest BCUT2D eigenvalue weighted by atomic mass is 10.2. The van der Waals surface area contributed by atoms with Gasteiger partial charge in [-0.1, -0.05) is 42.5 Å². The number of aryl methyl sites for hydroxylation is 1. The molecule has 1 aliphatic heterocycles. The summed E-state index contributed by atoms with van der Waals surface area (Å²) in [4.78, 5) is 40.2. The molecule has 4 rings (SSSR count). The lowest BCUT2D eigenvalue weighted by molar-refractivity contribution is -0.133. The normalized spacial score (nSPS) is 14.4. The third-order valence-corrected chi connectivity index (χ3v) is 6.01. The molecule has 8 heteroatoms. The first-order valence-electron chi connectivity index (χ1n) is 11.9. The van der Waals surface area contributed by atoms with Crippen LogP contribution in [-0.4, -0.2) is 75.8 Å². The molecule has 0 spiro atoms. The first-order valence-corrected chi connectivity index (χ1v) is 11.9. The number of furan rings is 1. The van der Waals surface area contributed by atoms with E-state index in [1.165, 1.54) is 11.8 Å². The summed E-state index contributed by atoms with van der Waals surface area (Å²) in [6.07, 6.45) is 9.15. The van der Waals surface area contributed by atoms with Crippen molar-refractivity contribution in [1.82, 2.24) is 24.7 Å². The Morgan fingerprint density at radius 2 is 1.83 bits per heavy atom. The molecule has 3 aromatic rings. The van der Waals surface area contributed by atoms with Crippen LogP contribution in [0.4, 0.5) is 0 Å². The van der Waals surface area contributed by atoms with Gasteiger partial charge in [0.15, 0.2) is 0 Å². The van der Waals surface area contributed by atoms with Gasteiger partial charge in [0, 0.05) is 51.9 Å². The van der Waals surface area contributed by atoms with Gasteiger partial charge in [-0.3, -0.25) is 19.5 Å². The fourth-order valence-electron chi connectivity index (χ4n) is 3.98. The molecule has 1 fully saturated rings. The monoisotopic (exact) mass is 473 g/mol. The molecule has 0 atom stereocenters. The molecule has 2 aromatic heterocycles. The number of carbonyl (C=O) groups is 2. The van der Waals surface area contributed by atoms with E-state index in [1.807, 2.05) is 36.1 Å². The molecule has 3 heterocycles. The van der Waals surface area contributed by atoms with Gasteiger partial charge in [0.05, 0.1) is 24.7 Å². The average molecular weight is 474 g/mol. The first kappa shape index (κ1) is 24.3. The minimum absolute atomic E-state index is 0.0525. The lowest BCUT2D eigenvalue weighted by Crippen LogP contribution is -2.49. The second-order valence-corrected chi connectivity index (χ2v) is 8.59. The van der Waals surface area contributed by atoms with Crippen LogP contribution in [0, 0.1) is 6.92 Å². The highest BCUT2D eigenvalue weighted by atomic mass is 16.3. The van der Waals surface area contributed by atoms with Gasteiger partial charge in [0.1, 0.15) is 11.5 Å². The van der Waals surface area contributed by atoms with Crippen LogP contribution < -0.4 is 0 Å². The standard InChI is InChI=1S/C27H31N5O3/c1-22-19-29-25(20-28-22)27(34)32(21-24-10-6-18-35-24)13-11-26(33)31-16-14-30(15-17-31)12-5-9-23-7-3-2-4-8-23/h2-10,18-20H,11-17,21H2,1H3/b9-5+. The van der Waals surface area contributed by atoms with Gasteiger partial charge in [0.2, 0.25) is 5.91 Å². The second-order valence-electron chi connectivity index (χ2n) is 8.59. The first-order chi connectivity index (χ1) is 17.1. The zero-order valence-corrected chi connectivity index (χ0v) is 20.0. The van der Waals surface area contributed by atoms with Gasteiger partial charge in [-0.15, -0.1) is 0 Å². The van der Waals surface area contributed by atoms with E-state index in [0.29, 0.717) is 18.8 Å². The summed E-state index contributed by atoms with van der Waals surface area (Å²) in [7, 11) is 0. The second kappa shape index (κ2) is 12.1. The Balaban J connectivity index is 1.27. The molecule has 8 nitrogen and oxygen atoms in total. The summed E-state index contributed by atoms with van der Waals surface area (Å²) in [6.45, 7) is 6.28. The molecule has 0 unspecified atom stereocenters. The van der Waals surface area contributed by atoms with Gasteiger partial charge in [-0.2, -0.15) is 0 Å². The van der Waals surface area contributed by atoms with Crippen LogP contribution in [-0.2, 0) is 11.3 Å². The molecular weight excluding hydrogens is 442 g/mol. The van der Waals surface area contributed by atoms with E-state index in [1.54, 1.807) is 23.4 Å². The highest BCUT2D eigenvalue weighted by Crippen LogP contribution is 2.12. The summed E-state index contributed by atoms with van der Waals surface area (Å²) in [5, 5.41) is 0. The number of carbonyl (C=O) groups excluding carboxylic acids is 2. The number of hydrogen-bond donors (Lipinski definition) is 0. The Hall–Kier alpha value is -3.78. The van der Waals surface area contributed by atoms with Crippen molar-refractivity contribution < 1.29 is 14.0 Å². The average Bonchev–Trinajstić information content (AvgIpc) is 3.41. The summed E-state index contributed by atoms with van der Waals surface area (Å²) in [6, 6.07) is 13.8. The Bertz CT molecular complexity index is 1110. The maximum absolute atomic E-state index is 13.1. The largest absolute Gasteiger partial charge is 0.467 e. The highest BCUT2D eigenvalue weighted by Gasteiger charge is 2.24. The summed E-state index contributed by atoms with van der Waals surface area (Å²) < 4.78 is 5.43. The zero-order valence-electron chi connectivity index (χ0n) is 20.0. The number of rotatable bonds is 9. The van der Waals surface area contributed by atoms with Gasteiger partial charge in [-0.05, 0) is 24.6 Å². The number of amides is 2. The molecule has 35 heavy (non-hydrogen) atoms. The van der Waals surface area contributed by atoms with Gasteiger partial charge in [-0.25, -0.2) is 4.98 Å². The Labute approximate surface area is 205 Å². The van der Waals surface area contributed by atoms with Crippen molar-refractivity contribution in [1.29, 1.82) is 0 Å². The van der Waals surface area contributed by atoms with Crippen LogP contribution >= 0.6 is 0 Å². The molecule has 182 valence electrons. The summed E-state index contributed by atoms with van der Waals surface area (Å²) in [5.41, 5.74) is 2.18. The highest BCUT2D eigenvalue weighted by molar-refractivity contribution is 5.92. The zero-order chi connectivity index (χ0) is 24.5. The van der Waals surface area contributed by atoms with E-state index >= 15 is 0 Å². The van der Waals surface area contributed by atoms with Crippen molar-refractivity contribution in [3.05, 3.63) is 89.9 Å².